The number of carbonyl (C=O) groups excluding carboxylic acids is 5. The van der Waals surface area contributed by atoms with E-state index in [2.05, 4.69) is 87.9 Å². The van der Waals surface area contributed by atoms with E-state index >= 15 is 9.18 Å². The van der Waals surface area contributed by atoms with Crippen LogP contribution in [-0.4, -0.2) is 179 Å². The smallest absolute Gasteiger partial charge is 0.324 e. The third-order valence-electron chi connectivity index (χ3n) is 17.6. The Morgan fingerprint density at radius 2 is 1.73 bits per heavy atom. The molecule has 6 bridgehead atoms. The summed E-state index contributed by atoms with van der Waals surface area (Å²) in [5.74, 6) is -1.90. The van der Waals surface area contributed by atoms with Crippen molar-refractivity contribution in [3.63, 3.8) is 0 Å². The Bertz CT molecular complexity index is 3000. The third kappa shape index (κ3) is 12.1. The number of piperazine rings is 1. The first-order valence-corrected chi connectivity index (χ1v) is 29.1. The van der Waals surface area contributed by atoms with Crippen LogP contribution >= 0.6 is 0 Å². The molecule has 0 aliphatic carbocycles. The van der Waals surface area contributed by atoms with Gasteiger partial charge < -0.3 is 43.9 Å². The number of anilines is 1. The summed E-state index contributed by atoms with van der Waals surface area (Å²) in [6.07, 6.45) is 7.02. The van der Waals surface area contributed by atoms with Gasteiger partial charge >= 0.3 is 12.0 Å². The van der Waals surface area contributed by atoms with E-state index in [-0.39, 0.29) is 42.8 Å². The zero-order chi connectivity index (χ0) is 57.4. The highest BCUT2D eigenvalue weighted by Gasteiger charge is 2.45. The molecule has 5 aliphatic heterocycles. The number of aromatic nitrogens is 2. The Balaban J connectivity index is 1.10. The first-order chi connectivity index (χ1) is 38.1. The standard InChI is InChI=1S/C61H82FN10O7Si/c1-11-51(73)70-23-19-61(37-70)17-21-69(22-18-61)58(77)67(9)52(39(3)4)55(74)64-49-31-40-28-41(35-62)30-43(29-40)42-15-16-50-45(32-42)47(34-59(5,6)38-79-57(76)48-14-13-20-72(65-48)56(49)75)53(71(50)12-2)46-33-44(68-26-24-66(8)25-27-68)36-63-54(46)60(7,80)78-10/h11,15-16,28-30,32-33,36,39,48-49,52,65H,1,12-14,17-27,31,34-35,37-38H2,2-10H3,(H,64,74)/t48-,49-,52-,60+/m0/s1. The Kier molecular flexibility index (Phi) is 17.4. The lowest BCUT2D eigenvalue weighted by atomic mass is 9.78. The highest BCUT2D eigenvalue weighted by Crippen LogP contribution is 2.45. The second-order valence-electron chi connectivity index (χ2n) is 24.4. The average Bonchev–Trinajstić information content (AvgIpc) is 4.06. The highest BCUT2D eigenvalue weighted by atomic mass is 28.1. The number of halogens is 1. The van der Waals surface area contributed by atoms with Gasteiger partial charge in [0, 0.05) is 108 Å². The summed E-state index contributed by atoms with van der Waals surface area (Å²) >= 11 is 0. The van der Waals surface area contributed by atoms with Crippen LogP contribution in [0.1, 0.15) is 96.0 Å². The van der Waals surface area contributed by atoms with E-state index < -0.39 is 53.2 Å². The number of nitrogens with zero attached hydrogens (tertiary/aromatic N) is 8. The number of fused-ring (bicyclic) bond motifs is 6. The molecule has 17 nitrogen and oxygen atoms in total. The van der Waals surface area contributed by atoms with Gasteiger partial charge in [0.25, 0.3) is 5.91 Å². The van der Waals surface area contributed by atoms with Crippen LogP contribution in [0.5, 0.6) is 0 Å². The summed E-state index contributed by atoms with van der Waals surface area (Å²) in [6.45, 7) is 21.7. The number of methoxy groups -OCH3 is 1. The Morgan fingerprint density at radius 3 is 2.39 bits per heavy atom. The Morgan fingerprint density at radius 1 is 1.01 bits per heavy atom. The number of piperidine rings is 1. The number of alkyl halides is 1. The lowest BCUT2D eigenvalue weighted by Crippen LogP contribution is -2.62. The van der Waals surface area contributed by atoms with Crippen molar-refractivity contribution in [3.05, 3.63) is 83.7 Å². The molecule has 9 rings (SSSR count). The fourth-order valence-corrected chi connectivity index (χ4v) is 13.1. The summed E-state index contributed by atoms with van der Waals surface area (Å²) in [6, 6.07) is 10.8. The minimum Gasteiger partial charge on any atom is -0.464 e. The first kappa shape index (κ1) is 58.5. The Labute approximate surface area is 474 Å². The van der Waals surface area contributed by atoms with E-state index in [1.165, 1.54) is 16.0 Å². The molecule has 5 amide bonds. The van der Waals surface area contributed by atoms with Gasteiger partial charge in [-0.25, -0.2) is 14.6 Å². The molecule has 1 spiro atoms. The van der Waals surface area contributed by atoms with Gasteiger partial charge in [-0.05, 0) is 129 Å². The molecule has 2 N–H and O–H groups in total. The van der Waals surface area contributed by atoms with Crippen LogP contribution in [0.25, 0.3) is 33.3 Å². The zero-order valence-electron chi connectivity index (χ0n) is 48.5. The molecule has 19 heteroatoms. The monoisotopic (exact) mass is 1110 g/mol. The van der Waals surface area contributed by atoms with Gasteiger partial charge in [-0.15, -0.1) is 0 Å². The number of hydrazine groups is 1. The molecule has 2 aromatic carbocycles. The topological polar surface area (TPSA) is 165 Å². The number of rotatable bonds is 11. The summed E-state index contributed by atoms with van der Waals surface area (Å²) in [5, 5.41) is 4.50. The van der Waals surface area contributed by atoms with E-state index in [9.17, 15) is 19.2 Å². The number of benzene rings is 2. The van der Waals surface area contributed by atoms with Crippen molar-refractivity contribution in [2.24, 2.45) is 16.7 Å². The summed E-state index contributed by atoms with van der Waals surface area (Å²) in [7, 11) is 9.39. The fraction of sp³-hybridized carbons (Fsp3) is 0.574. The van der Waals surface area contributed by atoms with Crippen molar-refractivity contribution in [1.29, 1.82) is 0 Å². The average molecular weight is 1110 g/mol. The predicted molar refractivity (Wildman–Crippen MR) is 309 cm³/mol. The van der Waals surface area contributed by atoms with Gasteiger partial charge in [-0.2, -0.15) is 0 Å². The summed E-state index contributed by atoms with van der Waals surface area (Å²) < 4.78 is 29.9. The quantitative estimate of drug-likeness (QED) is 0.0920. The number of aryl methyl sites for hydroxylation is 1. The molecule has 4 fully saturated rings. The van der Waals surface area contributed by atoms with Gasteiger partial charge in [0.05, 0.1) is 45.3 Å². The number of amides is 5. The third-order valence-corrected chi connectivity index (χ3v) is 18.0. The number of likely N-dealkylation sites (tertiary alicyclic amines) is 2. The molecule has 429 valence electrons. The second-order valence-corrected chi connectivity index (χ2v) is 25.4. The van der Waals surface area contributed by atoms with E-state index in [1.807, 2.05) is 50.1 Å². The summed E-state index contributed by atoms with van der Waals surface area (Å²) in [5.41, 5.74) is 10.7. The number of hydrogen-bond acceptors (Lipinski definition) is 11. The molecule has 0 unspecified atom stereocenters. The SMILES string of the molecule is C=CC(=O)N1CCC2(CCN(C(=O)N(C)[C@H](C(=O)N[C@H]3Cc4cc(CF)cc(c4)-c4ccc5c(c4)c(c(-c4cc(N6CCN(C)CC6)cnc4[C@@](C)([Si])OC)n5CC)CC(C)(C)COC(=O)[C@@H]4CCCN(N4)C3=O)C(C)C)CC2)C1. The van der Waals surface area contributed by atoms with Gasteiger partial charge in [0.2, 0.25) is 11.8 Å². The lowest BCUT2D eigenvalue weighted by Gasteiger charge is -2.42. The van der Waals surface area contributed by atoms with E-state index in [0.717, 1.165) is 90.0 Å². The number of carbonyl (C=O) groups is 5. The predicted octanol–water partition coefficient (Wildman–Crippen LogP) is 6.82. The molecule has 2 aromatic heterocycles. The molecule has 3 radical (unpaired) electrons. The lowest BCUT2D eigenvalue weighted by molar-refractivity contribution is -0.155. The van der Waals surface area contributed by atoms with Crippen LogP contribution < -0.4 is 15.6 Å². The number of urea groups is 1. The summed E-state index contributed by atoms with van der Waals surface area (Å²) in [4.78, 5) is 85.9. The van der Waals surface area contributed by atoms with Crippen LogP contribution in [0.2, 0.25) is 0 Å². The minimum absolute atomic E-state index is 0.0110. The number of ether oxygens (including phenoxy) is 2. The van der Waals surface area contributed by atoms with Gasteiger partial charge in [-0.3, -0.25) is 29.2 Å². The van der Waals surface area contributed by atoms with Gasteiger partial charge in [-0.1, -0.05) is 52.5 Å². The molecule has 4 saturated heterocycles. The van der Waals surface area contributed by atoms with Crippen molar-refractivity contribution in [3.8, 4) is 22.4 Å². The van der Waals surface area contributed by atoms with Crippen LogP contribution in [0.15, 0.2) is 61.3 Å². The molecule has 80 heavy (non-hydrogen) atoms. The number of pyridine rings is 1. The van der Waals surface area contributed by atoms with E-state index in [1.54, 1.807) is 25.1 Å². The van der Waals surface area contributed by atoms with Gasteiger partial charge in [0.15, 0.2) is 0 Å². The number of esters is 1. The van der Waals surface area contributed by atoms with Crippen LogP contribution in [0.4, 0.5) is 14.9 Å². The van der Waals surface area contributed by atoms with E-state index in [4.69, 9.17) is 14.5 Å². The van der Waals surface area contributed by atoms with Crippen LogP contribution in [0.3, 0.4) is 0 Å². The molecule has 4 atom stereocenters. The molecular weight excluding hydrogens is 1030 g/mol. The molecule has 0 saturated carbocycles. The van der Waals surface area contributed by atoms with Crippen molar-refractivity contribution in [2.45, 2.75) is 123 Å². The first-order valence-electron chi connectivity index (χ1n) is 28.6. The highest BCUT2D eigenvalue weighted by molar-refractivity contribution is 6.15. The van der Waals surface area contributed by atoms with Crippen molar-refractivity contribution in [2.75, 3.05) is 91.6 Å². The number of likely N-dealkylation sites (N-methyl/N-ethyl adjacent to an activating group) is 2. The van der Waals surface area contributed by atoms with Crippen LogP contribution in [0, 0.1) is 16.7 Å². The van der Waals surface area contributed by atoms with Crippen molar-refractivity contribution >= 4 is 56.6 Å². The molecular formula is C61H82FN10O7Si. The van der Waals surface area contributed by atoms with Gasteiger partial charge in [0.1, 0.15) is 24.8 Å². The fourth-order valence-electron chi connectivity index (χ4n) is 12.9. The maximum Gasteiger partial charge on any atom is 0.324 e. The molecule has 5 aliphatic rings. The number of cyclic esters (lactones) is 1. The van der Waals surface area contributed by atoms with E-state index in [0.29, 0.717) is 68.8 Å². The van der Waals surface area contributed by atoms with Crippen molar-refractivity contribution in [1.82, 2.24) is 44.9 Å². The van der Waals surface area contributed by atoms with Crippen molar-refractivity contribution < 1.29 is 37.8 Å². The van der Waals surface area contributed by atoms with Crippen LogP contribution in [-0.2, 0) is 59.9 Å². The maximum atomic E-state index is 15.2. The minimum atomic E-state index is -1.18. The Hall–Kier alpha value is -6.15. The normalized spacial score (nSPS) is 22.0. The molecule has 7 heterocycles. The number of hydrogen-bond donors (Lipinski definition) is 2. The zero-order valence-corrected chi connectivity index (χ0v) is 49.5. The largest absolute Gasteiger partial charge is 0.464 e. The maximum absolute atomic E-state index is 15.2. The second kappa shape index (κ2) is 23.7. The number of nitrogens with one attached hydrogen (secondary N) is 2. The molecule has 4 aromatic rings.